The minimum absolute atomic E-state index is 0.261. The Balaban J connectivity index is 1.88. The number of carbonyl (C=O) groups is 1. The highest BCUT2D eigenvalue weighted by Crippen LogP contribution is 2.23. The molecule has 0 N–H and O–H groups in total. The maximum atomic E-state index is 12.2. The summed E-state index contributed by atoms with van der Waals surface area (Å²) in [5, 5.41) is 0. The molecule has 0 bridgehead atoms. The zero-order valence-electron chi connectivity index (χ0n) is 17.3. The molecule has 0 spiro atoms. The van der Waals surface area contributed by atoms with Crippen LogP contribution in [0.3, 0.4) is 0 Å². The third-order valence-electron chi connectivity index (χ3n) is 4.33. The van der Waals surface area contributed by atoms with E-state index in [9.17, 15) is 4.79 Å². The van der Waals surface area contributed by atoms with Crippen LogP contribution in [-0.2, 0) is 9.47 Å². The average Bonchev–Trinajstić information content (AvgIpc) is 2.72. The second-order valence-electron chi connectivity index (χ2n) is 6.95. The third-order valence-corrected chi connectivity index (χ3v) is 4.33. The standard InChI is InChI=1S/C24H32O4/c1-4-6-7-17-27-23-14-12-21(13-15-23)20-8-10-22(11-9-20)24(25)28-19(3)18-26-16-5-2/h8-15,19H,4-7,16-18H2,1-3H3. The van der Waals surface area contributed by atoms with Crippen molar-refractivity contribution >= 4 is 5.97 Å². The third kappa shape index (κ3) is 7.35. The summed E-state index contributed by atoms with van der Waals surface area (Å²) >= 11 is 0. The average molecular weight is 385 g/mol. The molecule has 1 atom stereocenters. The van der Waals surface area contributed by atoms with Crippen molar-refractivity contribution in [1.82, 2.24) is 0 Å². The SMILES string of the molecule is CCCCCOc1ccc(-c2ccc(C(=O)OC(C)COCCC)cc2)cc1. The molecule has 1 unspecified atom stereocenters. The van der Waals surface area contributed by atoms with Gasteiger partial charge in [0.2, 0.25) is 0 Å². The molecule has 0 saturated heterocycles. The van der Waals surface area contributed by atoms with Crippen LogP contribution < -0.4 is 4.74 Å². The summed E-state index contributed by atoms with van der Waals surface area (Å²) in [7, 11) is 0. The molecule has 0 aliphatic rings. The molecule has 2 aromatic rings. The van der Waals surface area contributed by atoms with E-state index in [2.05, 4.69) is 6.92 Å². The summed E-state index contributed by atoms with van der Waals surface area (Å²) in [4.78, 5) is 12.2. The Kier molecular flexibility index (Phi) is 9.56. The van der Waals surface area contributed by atoms with Gasteiger partial charge in [0.05, 0.1) is 18.8 Å². The van der Waals surface area contributed by atoms with Gasteiger partial charge < -0.3 is 14.2 Å². The van der Waals surface area contributed by atoms with Crippen molar-refractivity contribution in [3.05, 3.63) is 54.1 Å². The van der Waals surface area contributed by atoms with Crippen LogP contribution in [0.4, 0.5) is 0 Å². The number of rotatable bonds is 12. The Morgan fingerprint density at radius 1 is 0.857 bits per heavy atom. The number of benzene rings is 2. The zero-order chi connectivity index (χ0) is 20.2. The van der Waals surface area contributed by atoms with Crippen LogP contribution in [0.5, 0.6) is 5.75 Å². The van der Waals surface area contributed by atoms with Crippen LogP contribution >= 0.6 is 0 Å². The first-order valence-corrected chi connectivity index (χ1v) is 10.3. The van der Waals surface area contributed by atoms with E-state index in [1.807, 2.05) is 50.2 Å². The van der Waals surface area contributed by atoms with E-state index in [1.165, 1.54) is 12.8 Å². The molecule has 28 heavy (non-hydrogen) atoms. The molecule has 0 fully saturated rings. The van der Waals surface area contributed by atoms with E-state index >= 15 is 0 Å². The predicted octanol–water partition coefficient (Wildman–Crippen LogP) is 5.89. The van der Waals surface area contributed by atoms with Crippen molar-refractivity contribution in [3.8, 4) is 16.9 Å². The fraction of sp³-hybridized carbons (Fsp3) is 0.458. The quantitative estimate of drug-likeness (QED) is 0.338. The minimum atomic E-state index is -0.324. The Labute approximate surface area is 168 Å². The van der Waals surface area contributed by atoms with E-state index < -0.39 is 0 Å². The van der Waals surface area contributed by atoms with Crippen LogP contribution in [0, 0.1) is 0 Å². The van der Waals surface area contributed by atoms with Gasteiger partial charge in [-0.3, -0.25) is 0 Å². The Morgan fingerprint density at radius 2 is 1.50 bits per heavy atom. The Bertz CT molecular complexity index is 692. The van der Waals surface area contributed by atoms with Gasteiger partial charge in [-0.15, -0.1) is 0 Å². The Hall–Kier alpha value is -2.33. The molecule has 0 amide bonds. The van der Waals surface area contributed by atoms with Gasteiger partial charge in [-0.1, -0.05) is 51.0 Å². The van der Waals surface area contributed by atoms with Crippen LogP contribution in [-0.4, -0.2) is 31.9 Å². The predicted molar refractivity (Wildman–Crippen MR) is 113 cm³/mol. The van der Waals surface area contributed by atoms with E-state index in [4.69, 9.17) is 14.2 Å². The highest BCUT2D eigenvalue weighted by atomic mass is 16.6. The summed E-state index contributed by atoms with van der Waals surface area (Å²) in [5.74, 6) is 0.564. The van der Waals surface area contributed by atoms with Gasteiger partial charge in [0.1, 0.15) is 11.9 Å². The molecule has 4 heteroatoms. The van der Waals surface area contributed by atoms with Crippen molar-refractivity contribution in [3.63, 3.8) is 0 Å². The molecule has 0 aliphatic carbocycles. The zero-order valence-corrected chi connectivity index (χ0v) is 17.3. The van der Waals surface area contributed by atoms with Crippen LogP contribution in [0.25, 0.3) is 11.1 Å². The van der Waals surface area contributed by atoms with Crippen molar-refractivity contribution in [2.45, 2.75) is 52.6 Å². The maximum Gasteiger partial charge on any atom is 0.338 e. The first-order valence-electron chi connectivity index (χ1n) is 10.3. The van der Waals surface area contributed by atoms with Crippen molar-refractivity contribution in [1.29, 1.82) is 0 Å². The molecule has 0 radical (unpaired) electrons. The lowest BCUT2D eigenvalue weighted by Gasteiger charge is -2.13. The lowest BCUT2D eigenvalue weighted by atomic mass is 10.0. The van der Waals surface area contributed by atoms with Gasteiger partial charge in [0.25, 0.3) is 0 Å². The maximum absolute atomic E-state index is 12.2. The van der Waals surface area contributed by atoms with Gasteiger partial charge in [-0.25, -0.2) is 4.79 Å². The van der Waals surface area contributed by atoms with Gasteiger partial charge in [0.15, 0.2) is 0 Å². The normalized spacial score (nSPS) is 11.8. The molecule has 0 saturated carbocycles. The summed E-state index contributed by atoms with van der Waals surface area (Å²) in [6, 6.07) is 15.5. The molecule has 0 aliphatic heterocycles. The summed E-state index contributed by atoms with van der Waals surface area (Å²) in [6.07, 6.45) is 4.16. The van der Waals surface area contributed by atoms with Gasteiger partial charge in [0, 0.05) is 6.61 Å². The van der Waals surface area contributed by atoms with Crippen LogP contribution in [0.1, 0.15) is 56.8 Å². The number of unbranched alkanes of at least 4 members (excludes halogenated alkanes) is 2. The largest absolute Gasteiger partial charge is 0.494 e. The van der Waals surface area contributed by atoms with Gasteiger partial charge >= 0.3 is 5.97 Å². The number of hydrogen-bond donors (Lipinski definition) is 0. The second-order valence-corrected chi connectivity index (χ2v) is 6.95. The molecule has 0 aromatic heterocycles. The van der Waals surface area contributed by atoms with E-state index in [0.29, 0.717) is 18.8 Å². The summed E-state index contributed by atoms with van der Waals surface area (Å²) in [6.45, 7) is 7.93. The number of ether oxygens (including phenoxy) is 3. The lowest BCUT2D eigenvalue weighted by Crippen LogP contribution is -2.20. The van der Waals surface area contributed by atoms with E-state index in [1.54, 1.807) is 12.1 Å². The summed E-state index contributed by atoms with van der Waals surface area (Å²) < 4.78 is 16.6. The van der Waals surface area contributed by atoms with Crippen molar-refractivity contribution < 1.29 is 19.0 Å². The Morgan fingerprint density at radius 3 is 2.11 bits per heavy atom. The highest BCUT2D eigenvalue weighted by molar-refractivity contribution is 5.90. The molecule has 0 heterocycles. The second kappa shape index (κ2) is 12.2. The topological polar surface area (TPSA) is 44.8 Å². The number of esters is 1. The highest BCUT2D eigenvalue weighted by Gasteiger charge is 2.12. The van der Waals surface area contributed by atoms with Crippen LogP contribution in [0.15, 0.2) is 48.5 Å². The van der Waals surface area contributed by atoms with Crippen LogP contribution in [0.2, 0.25) is 0 Å². The molecule has 4 nitrogen and oxygen atoms in total. The van der Waals surface area contributed by atoms with E-state index in [-0.39, 0.29) is 12.1 Å². The van der Waals surface area contributed by atoms with Crippen molar-refractivity contribution in [2.24, 2.45) is 0 Å². The van der Waals surface area contributed by atoms with Gasteiger partial charge in [-0.05, 0) is 55.2 Å². The molecule has 2 aromatic carbocycles. The van der Waals surface area contributed by atoms with E-state index in [0.717, 1.165) is 36.3 Å². The monoisotopic (exact) mass is 384 g/mol. The molecular formula is C24H32O4. The summed E-state index contributed by atoms with van der Waals surface area (Å²) in [5.41, 5.74) is 2.68. The molecule has 2 rings (SSSR count). The lowest BCUT2D eigenvalue weighted by molar-refractivity contribution is 0.00226. The van der Waals surface area contributed by atoms with Gasteiger partial charge in [-0.2, -0.15) is 0 Å². The molecule has 152 valence electrons. The van der Waals surface area contributed by atoms with Crippen molar-refractivity contribution in [2.75, 3.05) is 19.8 Å². The minimum Gasteiger partial charge on any atom is -0.494 e. The fourth-order valence-electron chi connectivity index (χ4n) is 2.76. The first kappa shape index (κ1) is 22.0. The first-order chi connectivity index (χ1) is 13.6. The number of hydrogen-bond acceptors (Lipinski definition) is 4. The fourth-order valence-corrected chi connectivity index (χ4v) is 2.76. The smallest absolute Gasteiger partial charge is 0.338 e. The molecular weight excluding hydrogens is 352 g/mol. The number of carbonyl (C=O) groups excluding carboxylic acids is 1.